The molecule has 0 aromatic carbocycles. The Morgan fingerprint density at radius 1 is 1.22 bits per heavy atom. The number of aryl methyl sites for hydroxylation is 1. The van der Waals surface area contributed by atoms with Gasteiger partial charge in [-0.25, -0.2) is 15.8 Å². The minimum Gasteiger partial charge on any atom is -0.370 e. The van der Waals surface area contributed by atoms with Crippen LogP contribution in [0.1, 0.15) is 25.6 Å². The van der Waals surface area contributed by atoms with Gasteiger partial charge in [-0.15, -0.1) is 0 Å². The van der Waals surface area contributed by atoms with Gasteiger partial charge in [-0.1, -0.05) is 6.92 Å². The van der Waals surface area contributed by atoms with E-state index in [0.29, 0.717) is 5.82 Å². The molecule has 0 aliphatic carbocycles. The molecule has 0 fully saturated rings. The second kappa shape index (κ2) is 7.84. The van der Waals surface area contributed by atoms with Crippen LogP contribution in [-0.2, 0) is 6.42 Å². The van der Waals surface area contributed by atoms with Crippen LogP contribution in [-0.4, -0.2) is 42.1 Å². The van der Waals surface area contributed by atoms with Gasteiger partial charge >= 0.3 is 0 Å². The zero-order valence-corrected chi connectivity index (χ0v) is 11.5. The van der Waals surface area contributed by atoms with Gasteiger partial charge in [0.25, 0.3) is 0 Å². The number of hydrogen-bond acceptors (Lipinski definition) is 6. The fourth-order valence-corrected chi connectivity index (χ4v) is 1.59. The normalized spacial score (nSPS) is 10.7. The van der Waals surface area contributed by atoms with Crippen molar-refractivity contribution in [2.75, 3.05) is 37.9 Å². The van der Waals surface area contributed by atoms with Gasteiger partial charge in [0.2, 0.25) is 0 Å². The van der Waals surface area contributed by atoms with Gasteiger partial charge in [-0.3, -0.25) is 0 Å². The van der Waals surface area contributed by atoms with Gasteiger partial charge in [0.1, 0.15) is 17.5 Å². The second-order valence-electron chi connectivity index (χ2n) is 4.49. The van der Waals surface area contributed by atoms with E-state index in [4.69, 9.17) is 5.84 Å². The van der Waals surface area contributed by atoms with Gasteiger partial charge in [0.15, 0.2) is 0 Å². The molecule has 0 atom stereocenters. The van der Waals surface area contributed by atoms with Gasteiger partial charge in [-0.2, -0.15) is 0 Å². The number of anilines is 2. The topological polar surface area (TPSA) is 79.1 Å². The van der Waals surface area contributed by atoms with Gasteiger partial charge in [-0.05, 0) is 33.5 Å². The standard InChI is InChI=1S/C12H24N6/c1-4-10-15-11(9-12(16-10)17-13)14-7-5-6-8-18(2)3/h9H,4-8,13H2,1-3H3,(H2,14,15,16,17). The molecule has 4 N–H and O–H groups in total. The first-order chi connectivity index (χ1) is 8.65. The lowest BCUT2D eigenvalue weighted by Crippen LogP contribution is -2.15. The van der Waals surface area contributed by atoms with Crippen LogP contribution in [0.3, 0.4) is 0 Å². The number of unbranched alkanes of at least 4 members (excludes halogenated alkanes) is 1. The molecule has 1 heterocycles. The summed E-state index contributed by atoms with van der Waals surface area (Å²) in [6.45, 7) is 4.05. The molecule has 0 spiro atoms. The van der Waals surface area contributed by atoms with Crippen LogP contribution in [0, 0.1) is 0 Å². The third-order valence-corrected chi connectivity index (χ3v) is 2.57. The van der Waals surface area contributed by atoms with Crippen LogP contribution in [0.2, 0.25) is 0 Å². The molecule has 102 valence electrons. The number of rotatable bonds is 8. The van der Waals surface area contributed by atoms with Gasteiger partial charge < -0.3 is 15.6 Å². The maximum Gasteiger partial charge on any atom is 0.145 e. The van der Waals surface area contributed by atoms with E-state index < -0.39 is 0 Å². The van der Waals surface area contributed by atoms with E-state index in [1.165, 1.54) is 6.42 Å². The predicted octanol–water partition coefficient (Wildman–Crippen LogP) is 1.08. The van der Waals surface area contributed by atoms with Crippen molar-refractivity contribution in [3.63, 3.8) is 0 Å². The zero-order valence-electron chi connectivity index (χ0n) is 11.5. The summed E-state index contributed by atoms with van der Waals surface area (Å²) in [7, 11) is 4.18. The zero-order chi connectivity index (χ0) is 13.4. The Morgan fingerprint density at radius 2 is 1.94 bits per heavy atom. The minimum atomic E-state index is 0.651. The van der Waals surface area contributed by atoms with Crippen molar-refractivity contribution in [2.24, 2.45) is 5.84 Å². The van der Waals surface area contributed by atoms with E-state index in [2.05, 4.69) is 39.7 Å². The van der Waals surface area contributed by atoms with Crippen LogP contribution in [0.15, 0.2) is 6.07 Å². The maximum absolute atomic E-state index is 5.38. The fraction of sp³-hybridized carbons (Fsp3) is 0.667. The molecular formula is C12H24N6. The first-order valence-electron chi connectivity index (χ1n) is 6.39. The lowest BCUT2D eigenvalue weighted by Gasteiger charge is -2.11. The number of aromatic nitrogens is 2. The van der Waals surface area contributed by atoms with Crippen LogP contribution < -0.4 is 16.6 Å². The summed E-state index contributed by atoms with van der Waals surface area (Å²) in [6, 6.07) is 1.82. The summed E-state index contributed by atoms with van der Waals surface area (Å²) in [5.74, 6) is 7.65. The van der Waals surface area contributed by atoms with E-state index in [9.17, 15) is 0 Å². The molecule has 1 rings (SSSR count). The summed E-state index contributed by atoms with van der Waals surface area (Å²) in [4.78, 5) is 10.8. The smallest absolute Gasteiger partial charge is 0.145 e. The van der Waals surface area contributed by atoms with Crippen molar-refractivity contribution in [3.05, 3.63) is 11.9 Å². The van der Waals surface area contributed by atoms with E-state index in [0.717, 1.165) is 37.6 Å². The van der Waals surface area contributed by atoms with Crippen molar-refractivity contribution in [3.8, 4) is 0 Å². The number of hydrogen-bond donors (Lipinski definition) is 3. The van der Waals surface area contributed by atoms with Crippen LogP contribution in [0.5, 0.6) is 0 Å². The minimum absolute atomic E-state index is 0.651. The molecule has 0 amide bonds. The highest BCUT2D eigenvalue weighted by Crippen LogP contribution is 2.10. The number of nitrogens with zero attached hydrogens (tertiary/aromatic N) is 3. The summed E-state index contributed by atoms with van der Waals surface area (Å²) in [5.41, 5.74) is 2.56. The molecule has 0 aliphatic rings. The molecule has 0 unspecified atom stereocenters. The third-order valence-electron chi connectivity index (χ3n) is 2.57. The van der Waals surface area contributed by atoms with Crippen molar-refractivity contribution in [1.29, 1.82) is 0 Å². The lowest BCUT2D eigenvalue weighted by molar-refractivity contribution is 0.396. The Hall–Kier alpha value is -1.40. The van der Waals surface area contributed by atoms with Crippen LogP contribution in [0.4, 0.5) is 11.6 Å². The summed E-state index contributed by atoms with van der Waals surface area (Å²) < 4.78 is 0. The van der Waals surface area contributed by atoms with Crippen LogP contribution >= 0.6 is 0 Å². The van der Waals surface area contributed by atoms with Crippen LogP contribution in [0.25, 0.3) is 0 Å². The van der Waals surface area contributed by atoms with E-state index >= 15 is 0 Å². The van der Waals surface area contributed by atoms with Crippen molar-refractivity contribution < 1.29 is 0 Å². The average molecular weight is 252 g/mol. The predicted molar refractivity (Wildman–Crippen MR) is 75.5 cm³/mol. The SMILES string of the molecule is CCc1nc(NN)cc(NCCCCN(C)C)n1. The number of nitrogens with one attached hydrogen (secondary N) is 2. The van der Waals surface area contributed by atoms with E-state index in [1.807, 2.05) is 13.0 Å². The maximum atomic E-state index is 5.38. The highest BCUT2D eigenvalue weighted by molar-refractivity contribution is 5.46. The Labute approximate surface area is 109 Å². The summed E-state index contributed by atoms with van der Waals surface area (Å²) in [6.07, 6.45) is 3.09. The quantitative estimate of drug-likeness (QED) is 0.365. The monoisotopic (exact) mass is 252 g/mol. The highest BCUT2D eigenvalue weighted by Gasteiger charge is 2.02. The molecule has 0 bridgehead atoms. The molecule has 0 aliphatic heterocycles. The molecule has 0 radical (unpaired) electrons. The van der Waals surface area contributed by atoms with E-state index in [-0.39, 0.29) is 0 Å². The first-order valence-corrected chi connectivity index (χ1v) is 6.39. The Morgan fingerprint density at radius 3 is 2.56 bits per heavy atom. The van der Waals surface area contributed by atoms with Crippen molar-refractivity contribution in [2.45, 2.75) is 26.2 Å². The second-order valence-corrected chi connectivity index (χ2v) is 4.49. The molecular weight excluding hydrogens is 228 g/mol. The molecule has 1 aromatic heterocycles. The number of nitrogen functional groups attached to an aromatic ring is 1. The number of hydrazine groups is 1. The Balaban J connectivity index is 2.41. The molecule has 6 nitrogen and oxygen atoms in total. The largest absolute Gasteiger partial charge is 0.370 e. The van der Waals surface area contributed by atoms with E-state index in [1.54, 1.807) is 0 Å². The fourth-order valence-electron chi connectivity index (χ4n) is 1.59. The molecule has 6 heteroatoms. The molecule has 0 saturated heterocycles. The summed E-state index contributed by atoms with van der Waals surface area (Å²) >= 11 is 0. The van der Waals surface area contributed by atoms with Gasteiger partial charge in [0.05, 0.1) is 0 Å². The Kier molecular flexibility index (Phi) is 6.38. The third kappa shape index (κ3) is 5.29. The van der Waals surface area contributed by atoms with Crippen molar-refractivity contribution in [1.82, 2.24) is 14.9 Å². The first kappa shape index (κ1) is 14.7. The Bertz CT molecular complexity index is 330. The number of nitrogens with two attached hydrogens (primary N) is 1. The van der Waals surface area contributed by atoms with Crippen molar-refractivity contribution >= 4 is 11.6 Å². The molecule has 18 heavy (non-hydrogen) atoms. The lowest BCUT2D eigenvalue weighted by atomic mass is 10.3. The summed E-state index contributed by atoms with van der Waals surface area (Å²) in [5, 5.41) is 3.30. The molecule has 1 aromatic rings. The van der Waals surface area contributed by atoms with Gasteiger partial charge in [0, 0.05) is 19.0 Å². The average Bonchev–Trinajstić information content (AvgIpc) is 2.37. The molecule has 0 saturated carbocycles. The highest BCUT2D eigenvalue weighted by atomic mass is 15.3.